The summed E-state index contributed by atoms with van der Waals surface area (Å²) in [6.45, 7) is 12.8. The molecule has 0 bridgehead atoms. The zero-order valence-electron chi connectivity index (χ0n) is 33.5. The molecule has 4 aromatic rings. The molecule has 2 saturated heterocycles. The lowest BCUT2D eigenvalue weighted by Crippen LogP contribution is -2.52. The highest BCUT2D eigenvalue weighted by Gasteiger charge is 2.28. The second-order valence-electron chi connectivity index (χ2n) is 14.0. The number of rotatable bonds is 11. The minimum Gasteiger partial charge on any atom is -0.465 e. The van der Waals surface area contributed by atoms with Gasteiger partial charge in [-0.25, -0.2) is 23.2 Å². The number of likely N-dealkylation sites (N-methyl/N-ethyl adjacent to an activating group) is 2. The number of methoxy groups -OCH3 is 1. The van der Waals surface area contributed by atoms with Gasteiger partial charge < -0.3 is 30.1 Å². The number of nitrogens with two attached hydrogens (primary N) is 1. The largest absolute Gasteiger partial charge is 0.465 e. The van der Waals surface area contributed by atoms with E-state index < -0.39 is 5.97 Å². The maximum absolute atomic E-state index is 13.4. The van der Waals surface area contributed by atoms with Crippen LogP contribution in [0.3, 0.4) is 0 Å². The van der Waals surface area contributed by atoms with Crippen LogP contribution in [0.4, 0.5) is 29.7 Å². The number of Topliss-reactive ketones (excluding diaryl/α,β-unsaturated/α-hetero) is 1. The Balaban J connectivity index is 0.000000221. The van der Waals surface area contributed by atoms with Gasteiger partial charge in [-0.05, 0) is 84.9 Å². The van der Waals surface area contributed by atoms with E-state index in [1.54, 1.807) is 70.5 Å². The Kier molecular flexibility index (Phi) is 15.8. The van der Waals surface area contributed by atoms with Gasteiger partial charge in [0.1, 0.15) is 11.6 Å². The number of hydrogen-bond donors (Lipinski definition) is 1. The van der Waals surface area contributed by atoms with Crippen LogP contribution in [0.2, 0.25) is 0 Å². The molecule has 6 rings (SSSR count). The molecule has 2 aliphatic rings. The van der Waals surface area contributed by atoms with Crippen LogP contribution in [0.15, 0.2) is 97.1 Å². The molecule has 308 valence electrons. The van der Waals surface area contributed by atoms with Crippen LogP contribution in [0.5, 0.6) is 0 Å². The van der Waals surface area contributed by atoms with Crippen LogP contribution in [-0.4, -0.2) is 123 Å². The molecule has 4 amide bonds. The molecule has 0 aromatic heterocycles. The van der Waals surface area contributed by atoms with Gasteiger partial charge in [-0.3, -0.25) is 14.6 Å². The van der Waals surface area contributed by atoms with Crippen LogP contribution < -0.4 is 15.5 Å². The van der Waals surface area contributed by atoms with Crippen molar-refractivity contribution in [1.29, 1.82) is 0 Å². The van der Waals surface area contributed by atoms with E-state index in [9.17, 15) is 28.0 Å². The number of esters is 1. The predicted molar refractivity (Wildman–Crippen MR) is 221 cm³/mol. The monoisotopic (exact) mass is 797 g/mol. The van der Waals surface area contributed by atoms with Gasteiger partial charge in [0.05, 0.1) is 32.3 Å². The van der Waals surface area contributed by atoms with Crippen LogP contribution >= 0.6 is 0 Å². The molecule has 2 fully saturated rings. The minimum absolute atomic E-state index is 0.0384. The number of nitrogens with zero attached hydrogens (tertiary/aromatic N) is 6. The van der Waals surface area contributed by atoms with Gasteiger partial charge in [0.15, 0.2) is 5.78 Å². The average molecular weight is 798 g/mol. The molecule has 0 radical (unpaired) electrons. The van der Waals surface area contributed by atoms with E-state index in [0.29, 0.717) is 61.8 Å². The number of piperazine rings is 2. The fourth-order valence-electron chi connectivity index (χ4n) is 6.78. The first-order valence-corrected chi connectivity index (χ1v) is 19.6. The first-order valence-electron chi connectivity index (χ1n) is 19.6. The van der Waals surface area contributed by atoms with Crippen LogP contribution in [0.25, 0.3) is 0 Å². The SMILES string of the molecule is CCN1CCN(C(=O)N(Cc2ccc(C(=O)CN)cc2)c2ccc(F)cc2)CC1.CCN1CCN(C(=O)N(Cc2ccc(C(=O)OC)cc2)c2ccc(F)cc2)CC1. The van der Waals surface area contributed by atoms with E-state index >= 15 is 0 Å². The highest BCUT2D eigenvalue weighted by Crippen LogP contribution is 2.23. The van der Waals surface area contributed by atoms with Crippen molar-refractivity contribution in [2.24, 2.45) is 5.73 Å². The van der Waals surface area contributed by atoms with Crippen LogP contribution in [-0.2, 0) is 17.8 Å². The summed E-state index contributed by atoms with van der Waals surface area (Å²) in [6, 6.07) is 25.7. The van der Waals surface area contributed by atoms with Gasteiger partial charge >= 0.3 is 18.0 Å². The number of amides is 4. The molecule has 0 unspecified atom stereocenters. The fraction of sp³-hybridized carbons (Fsp3) is 0.364. The highest BCUT2D eigenvalue weighted by molar-refractivity contribution is 5.97. The smallest absolute Gasteiger partial charge is 0.337 e. The molecule has 2 aliphatic heterocycles. The summed E-state index contributed by atoms with van der Waals surface area (Å²) < 4.78 is 31.5. The van der Waals surface area contributed by atoms with Crippen molar-refractivity contribution >= 4 is 35.2 Å². The number of carbonyl (C=O) groups is 4. The lowest BCUT2D eigenvalue weighted by molar-refractivity contribution is 0.0600. The number of anilines is 2. The Labute approximate surface area is 339 Å². The predicted octanol–water partition coefficient (Wildman–Crippen LogP) is 6.11. The second kappa shape index (κ2) is 21.2. The Bertz CT molecular complexity index is 1810. The summed E-state index contributed by atoms with van der Waals surface area (Å²) in [5, 5.41) is 0. The molecular weight excluding hydrogens is 745 g/mol. The van der Waals surface area contributed by atoms with Crippen LogP contribution in [0, 0.1) is 11.6 Å². The van der Waals surface area contributed by atoms with E-state index in [2.05, 4.69) is 23.6 Å². The number of ether oxygens (including phenoxy) is 1. The maximum atomic E-state index is 13.4. The van der Waals surface area contributed by atoms with Crippen molar-refractivity contribution in [3.63, 3.8) is 0 Å². The lowest BCUT2D eigenvalue weighted by Gasteiger charge is -2.37. The molecule has 0 aliphatic carbocycles. The Morgan fingerprint density at radius 3 is 1.26 bits per heavy atom. The minimum atomic E-state index is -0.406. The van der Waals surface area contributed by atoms with Crippen molar-refractivity contribution in [2.75, 3.05) is 88.9 Å². The zero-order valence-corrected chi connectivity index (χ0v) is 33.5. The maximum Gasteiger partial charge on any atom is 0.337 e. The molecule has 0 saturated carbocycles. The standard InChI is InChI=1S/C22H27FN4O2.C22H26FN3O3/c1-2-25-11-13-26(14-12-25)22(29)27(20-9-7-19(23)8-10-20)16-17-3-5-18(6-4-17)21(28)15-24;1-3-24-12-14-25(15-13-24)22(28)26(20-10-8-19(23)9-11-20)16-17-4-6-18(7-5-17)21(27)29-2/h3-10H,2,11-16,24H2,1H3;4-11H,3,12-16H2,1-2H3. The topological polar surface area (TPSA) is 123 Å². The zero-order chi connectivity index (χ0) is 41.6. The molecule has 0 atom stereocenters. The molecule has 12 nitrogen and oxygen atoms in total. The quantitative estimate of drug-likeness (QED) is 0.143. The van der Waals surface area contributed by atoms with Gasteiger partial charge in [0, 0.05) is 69.3 Å². The Hall–Kier alpha value is -5.70. The third kappa shape index (κ3) is 11.7. The van der Waals surface area contributed by atoms with Gasteiger partial charge in [-0.15, -0.1) is 0 Å². The number of urea groups is 2. The van der Waals surface area contributed by atoms with E-state index in [1.807, 2.05) is 21.9 Å². The summed E-state index contributed by atoms with van der Waals surface area (Å²) in [7, 11) is 1.34. The van der Waals surface area contributed by atoms with Gasteiger partial charge in [0.25, 0.3) is 0 Å². The van der Waals surface area contributed by atoms with Crippen molar-refractivity contribution < 1.29 is 32.7 Å². The average Bonchev–Trinajstić information content (AvgIpc) is 3.27. The normalized spacial score (nSPS) is 14.6. The molecule has 4 aromatic carbocycles. The Morgan fingerprint density at radius 2 is 0.931 bits per heavy atom. The summed E-state index contributed by atoms with van der Waals surface area (Å²) in [4.78, 5) is 61.5. The third-order valence-corrected chi connectivity index (χ3v) is 10.4. The first-order chi connectivity index (χ1) is 28.0. The summed E-state index contributed by atoms with van der Waals surface area (Å²) in [5.41, 5.74) is 9.42. The van der Waals surface area contributed by atoms with Gasteiger partial charge in [-0.1, -0.05) is 50.2 Å². The second-order valence-corrected chi connectivity index (χ2v) is 14.0. The van der Waals surface area contributed by atoms with Crippen molar-refractivity contribution in [2.45, 2.75) is 26.9 Å². The number of ketones is 1. The summed E-state index contributed by atoms with van der Waals surface area (Å²) in [6.07, 6.45) is 0. The Morgan fingerprint density at radius 1 is 0.569 bits per heavy atom. The van der Waals surface area contributed by atoms with Gasteiger partial charge in [0.2, 0.25) is 0 Å². The number of halogens is 2. The number of carbonyl (C=O) groups excluding carboxylic acids is 4. The highest BCUT2D eigenvalue weighted by atomic mass is 19.1. The van der Waals surface area contributed by atoms with Crippen molar-refractivity contribution in [1.82, 2.24) is 19.6 Å². The fourth-order valence-corrected chi connectivity index (χ4v) is 6.78. The molecule has 2 heterocycles. The molecule has 58 heavy (non-hydrogen) atoms. The third-order valence-electron chi connectivity index (χ3n) is 10.4. The van der Waals surface area contributed by atoms with Crippen LogP contribution in [0.1, 0.15) is 45.7 Å². The van der Waals surface area contributed by atoms with E-state index in [-0.39, 0.29) is 36.0 Å². The van der Waals surface area contributed by atoms with E-state index in [4.69, 9.17) is 10.5 Å². The number of benzene rings is 4. The van der Waals surface area contributed by atoms with E-state index in [0.717, 1.165) is 50.4 Å². The lowest BCUT2D eigenvalue weighted by atomic mass is 10.1. The molecule has 2 N–H and O–H groups in total. The number of hydrogen-bond acceptors (Lipinski definition) is 8. The van der Waals surface area contributed by atoms with Gasteiger partial charge in [-0.2, -0.15) is 0 Å². The molecule has 0 spiro atoms. The molecular formula is C44H53F2N7O5. The van der Waals surface area contributed by atoms with Crippen molar-refractivity contribution in [3.8, 4) is 0 Å². The first kappa shape index (κ1) is 43.4. The van der Waals surface area contributed by atoms with E-state index in [1.165, 1.54) is 31.4 Å². The summed E-state index contributed by atoms with van der Waals surface area (Å²) in [5.74, 6) is -1.23. The molecule has 14 heteroatoms. The van der Waals surface area contributed by atoms with Crippen molar-refractivity contribution in [3.05, 3.63) is 131 Å². The summed E-state index contributed by atoms with van der Waals surface area (Å²) >= 11 is 0.